The van der Waals surface area contributed by atoms with Gasteiger partial charge < -0.3 is 14.8 Å². The average molecular weight is 717 g/mol. The Kier molecular flexibility index (Phi) is 7.52. The number of hydrogen-bond acceptors (Lipinski definition) is 3. The van der Waals surface area contributed by atoms with E-state index in [2.05, 4.69) is 209 Å². The number of para-hydroxylation sites is 4. The number of aliphatic imine (C=N–C) groups is 1. The lowest BCUT2D eigenvalue weighted by atomic mass is 9.94. The zero-order valence-corrected chi connectivity index (χ0v) is 30.5. The molecule has 0 saturated heterocycles. The molecule has 3 aliphatic rings. The first-order valence-electron chi connectivity index (χ1n) is 19.2. The lowest BCUT2D eigenvalue weighted by Crippen LogP contribution is -2.28. The van der Waals surface area contributed by atoms with Crippen molar-refractivity contribution in [1.29, 1.82) is 0 Å². The summed E-state index contributed by atoms with van der Waals surface area (Å²) in [7, 11) is 0. The van der Waals surface area contributed by atoms with Crippen LogP contribution in [0.15, 0.2) is 211 Å². The van der Waals surface area contributed by atoms with E-state index < -0.39 is 0 Å². The molecule has 8 aromatic rings. The molecule has 4 heterocycles. The Labute approximate surface area is 326 Å². The van der Waals surface area contributed by atoms with Crippen LogP contribution in [0.1, 0.15) is 11.1 Å². The predicted octanol–water partition coefficient (Wildman–Crippen LogP) is 12.8. The van der Waals surface area contributed by atoms with E-state index in [1.165, 1.54) is 44.4 Å². The molecule has 0 fully saturated rings. The fourth-order valence-corrected chi connectivity index (χ4v) is 8.67. The number of fused-ring (bicyclic) bond motifs is 8. The van der Waals surface area contributed by atoms with Crippen LogP contribution in [0.5, 0.6) is 0 Å². The molecule has 7 aromatic carbocycles. The van der Waals surface area contributed by atoms with Crippen LogP contribution < -0.4 is 10.2 Å². The summed E-state index contributed by atoms with van der Waals surface area (Å²) in [6.07, 6.45) is 8.52. The van der Waals surface area contributed by atoms with E-state index in [0.717, 1.165) is 50.6 Å². The highest BCUT2D eigenvalue weighted by molar-refractivity contribution is 6.14. The molecular formula is C52H36N4. The van der Waals surface area contributed by atoms with Gasteiger partial charge in [0.1, 0.15) is 6.17 Å². The van der Waals surface area contributed by atoms with Gasteiger partial charge in [-0.2, -0.15) is 0 Å². The van der Waals surface area contributed by atoms with Crippen LogP contribution >= 0.6 is 0 Å². The van der Waals surface area contributed by atoms with E-state index in [4.69, 9.17) is 4.99 Å². The topological polar surface area (TPSA) is 32.6 Å². The zero-order chi connectivity index (χ0) is 37.0. The van der Waals surface area contributed by atoms with Gasteiger partial charge in [0, 0.05) is 51.3 Å². The first kappa shape index (κ1) is 32.0. The summed E-state index contributed by atoms with van der Waals surface area (Å²) in [5, 5.41) is 4.78. The summed E-state index contributed by atoms with van der Waals surface area (Å²) >= 11 is 0. The standard InChI is InChI=1S/C52H36N4/c1-3-16-35(17-4-1)39-30-38-31-40(34-54-52(38)53-33-39)37-20-15-21-41(32-37)55-47-27-12-8-23-43(47)50-44-24-9-13-28-48(44)56(51(50)45-25-10-14-29-49(45)55)46-26-11-7-22-42(46)36-18-5-2-6-19-36/h1-34,52,54H. The van der Waals surface area contributed by atoms with Gasteiger partial charge in [0.15, 0.2) is 0 Å². The first-order valence-corrected chi connectivity index (χ1v) is 19.2. The van der Waals surface area contributed by atoms with Gasteiger partial charge in [-0.05, 0) is 76.4 Å². The summed E-state index contributed by atoms with van der Waals surface area (Å²) in [6.45, 7) is 0. The van der Waals surface area contributed by atoms with Crippen LogP contribution in [0, 0.1) is 0 Å². The quantitative estimate of drug-likeness (QED) is 0.192. The SMILES string of the molecule is C1=NC2NC=C(c3cccc(N4c5ccccc5-c5c(n(-c6ccccc6-c6ccccc6)c6ccccc56)-c5ccccc54)c3)C=C2C=C1c1ccccc1. The van der Waals surface area contributed by atoms with Crippen molar-refractivity contribution >= 4 is 45.3 Å². The molecule has 0 bridgehead atoms. The summed E-state index contributed by atoms with van der Waals surface area (Å²) in [6, 6.07) is 65.5. The third-order valence-corrected chi connectivity index (χ3v) is 11.2. The highest BCUT2D eigenvalue weighted by Gasteiger charge is 2.32. The van der Waals surface area contributed by atoms with Gasteiger partial charge in [-0.15, -0.1) is 0 Å². The lowest BCUT2D eigenvalue weighted by Gasteiger charge is -2.28. The van der Waals surface area contributed by atoms with Crippen molar-refractivity contribution in [2.75, 3.05) is 4.90 Å². The number of allylic oxidation sites excluding steroid dienone is 3. The molecule has 11 rings (SSSR count). The Balaban J connectivity index is 1.10. The van der Waals surface area contributed by atoms with E-state index in [-0.39, 0.29) is 6.17 Å². The predicted molar refractivity (Wildman–Crippen MR) is 234 cm³/mol. The molecule has 0 amide bonds. The Hall–Kier alpha value is -7.43. The van der Waals surface area contributed by atoms with Crippen molar-refractivity contribution in [3.8, 4) is 39.2 Å². The van der Waals surface area contributed by atoms with Gasteiger partial charge in [-0.25, -0.2) is 0 Å². The summed E-state index contributed by atoms with van der Waals surface area (Å²) in [5.74, 6) is 0. The zero-order valence-electron chi connectivity index (χ0n) is 30.5. The summed E-state index contributed by atoms with van der Waals surface area (Å²) in [4.78, 5) is 7.29. The molecule has 0 aliphatic carbocycles. The fraction of sp³-hybridized carbons (Fsp3) is 0.0192. The van der Waals surface area contributed by atoms with Crippen molar-refractivity contribution in [3.05, 3.63) is 217 Å². The fourth-order valence-electron chi connectivity index (χ4n) is 8.67. The number of benzene rings is 7. The van der Waals surface area contributed by atoms with Crippen LogP contribution in [0.2, 0.25) is 0 Å². The van der Waals surface area contributed by atoms with Crippen LogP contribution in [-0.2, 0) is 0 Å². The summed E-state index contributed by atoms with van der Waals surface area (Å²) < 4.78 is 2.49. The second-order valence-electron chi connectivity index (χ2n) is 14.4. The Bertz CT molecular complexity index is 2950. The molecule has 0 radical (unpaired) electrons. The number of hydrogen-bond donors (Lipinski definition) is 1. The average Bonchev–Trinajstić information content (AvgIpc) is 3.55. The molecule has 56 heavy (non-hydrogen) atoms. The minimum Gasteiger partial charge on any atom is -0.366 e. The van der Waals surface area contributed by atoms with Crippen molar-refractivity contribution < 1.29 is 0 Å². The number of anilines is 3. The molecule has 4 heteroatoms. The largest absolute Gasteiger partial charge is 0.366 e. The minimum atomic E-state index is -0.0925. The number of rotatable bonds is 5. The maximum atomic E-state index is 4.85. The highest BCUT2D eigenvalue weighted by atomic mass is 15.2. The van der Waals surface area contributed by atoms with Gasteiger partial charge in [0.25, 0.3) is 0 Å². The van der Waals surface area contributed by atoms with E-state index in [0.29, 0.717) is 0 Å². The van der Waals surface area contributed by atoms with Gasteiger partial charge in [-0.1, -0.05) is 146 Å². The van der Waals surface area contributed by atoms with E-state index in [1.807, 2.05) is 12.3 Å². The molecule has 1 aromatic heterocycles. The Morgan fingerprint density at radius 2 is 1.11 bits per heavy atom. The van der Waals surface area contributed by atoms with Crippen LogP contribution in [-0.4, -0.2) is 16.9 Å². The Morgan fingerprint density at radius 3 is 1.91 bits per heavy atom. The van der Waals surface area contributed by atoms with Gasteiger partial charge in [-0.3, -0.25) is 4.99 Å². The molecule has 264 valence electrons. The van der Waals surface area contributed by atoms with E-state index >= 15 is 0 Å². The smallest absolute Gasteiger partial charge is 0.144 e. The van der Waals surface area contributed by atoms with Crippen LogP contribution in [0.25, 0.3) is 61.2 Å². The van der Waals surface area contributed by atoms with E-state index in [1.54, 1.807) is 0 Å². The Morgan fingerprint density at radius 1 is 0.482 bits per heavy atom. The van der Waals surface area contributed by atoms with Crippen molar-refractivity contribution in [2.45, 2.75) is 6.17 Å². The number of nitrogens with one attached hydrogen (secondary N) is 1. The van der Waals surface area contributed by atoms with Gasteiger partial charge in [0.05, 0.1) is 28.3 Å². The minimum absolute atomic E-state index is 0.0925. The van der Waals surface area contributed by atoms with Crippen molar-refractivity contribution in [2.24, 2.45) is 4.99 Å². The second kappa shape index (κ2) is 13.2. The monoisotopic (exact) mass is 716 g/mol. The van der Waals surface area contributed by atoms with Crippen molar-refractivity contribution in [3.63, 3.8) is 0 Å². The first-order chi connectivity index (χ1) is 27.8. The molecule has 0 spiro atoms. The number of dihydropyridines is 2. The molecule has 1 N–H and O–H groups in total. The number of nitrogens with zero attached hydrogens (tertiary/aromatic N) is 3. The van der Waals surface area contributed by atoms with Crippen LogP contribution in [0.3, 0.4) is 0 Å². The van der Waals surface area contributed by atoms with E-state index in [9.17, 15) is 0 Å². The lowest BCUT2D eigenvalue weighted by molar-refractivity contribution is 0.707. The molecular weight excluding hydrogens is 681 g/mol. The molecule has 1 unspecified atom stereocenters. The van der Waals surface area contributed by atoms with Gasteiger partial charge >= 0.3 is 0 Å². The van der Waals surface area contributed by atoms with Crippen molar-refractivity contribution in [1.82, 2.24) is 9.88 Å². The molecule has 1 atom stereocenters. The molecule has 0 saturated carbocycles. The third kappa shape index (κ3) is 5.19. The van der Waals surface area contributed by atoms with Gasteiger partial charge in [0.2, 0.25) is 0 Å². The second-order valence-corrected chi connectivity index (χ2v) is 14.4. The maximum Gasteiger partial charge on any atom is 0.144 e. The normalized spacial score (nSPS) is 15.3. The summed E-state index contributed by atoms with van der Waals surface area (Å²) in [5.41, 5.74) is 18.5. The maximum absolute atomic E-state index is 4.85. The molecule has 3 aliphatic heterocycles. The highest BCUT2D eigenvalue weighted by Crippen LogP contribution is 2.55. The van der Waals surface area contributed by atoms with Crippen LogP contribution in [0.4, 0.5) is 17.1 Å². The third-order valence-electron chi connectivity index (χ3n) is 11.2. The molecule has 4 nitrogen and oxygen atoms in total. The number of aromatic nitrogens is 1.